The Bertz CT molecular complexity index is 96.9. The molecule has 0 aromatic carbocycles. The molecule has 0 aliphatic heterocycles. The van der Waals surface area contributed by atoms with Gasteiger partial charge in [-0.3, -0.25) is 0 Å². The Labute approximate surface area is 64.3 Å². The van der Waals surface area contributed by atoms with Gasteiger partial charge < -0.3 is 5.73 Å². The van der Waals surface area contributed by atoms with E-state index in [0.29, 0.717) is 0 Å². The zero-order chi connectivity index (χ0) is 7.98. The molecule has 1 nitrogen and oxygen atoms in total. The van der Waals surface area contributed by atoms with Gasteiger partial charge in [-0.05, 0) is 12.3 Å². The highest BCUT2D eigenvalue weighted by molar-refractivity contribution is 4.87. The van der Waals surface area contributed by atoms with Crippen LogP contribution in [0, 0.1) is 5.92 Å². The van der Waals surface area contributed by atoms with Crippen LogP contribution in [0.2, 0.25) is 0 Å². The fraction of sp³-hybridized carbons (Fsp3) is 0.778. The molecule has 0 saturated heterocycles. The second kappa shape index (κ2) is 5.33. The van der Waals surface area contributed by atoms with E-state index in [9.17, 15) is 0 Å². The molecule has 0 aliphatic carbocycles. The largest absolute Gasteiger partial charge is 0.403 e. The van der Waals surface area contributed by atoms with Crippen molar-refractivity contribution in [3.05, 3.63) is 12.3 Å². The Morgan fingerprint density at radius 2 is 2.20 bits per heavy atom. The van der Waals surface area contributed by atoms with E-state index in [-0.39, 0.29) is 0 Å². The van der Waals surface area contributed by atoms with E-state index in [1.807, 2.05) is 0 Å². The number of nitrogens with two attached hydrogens (primary N) is 1. The van der Waals surface area contributed by atoms with Crippen LogP contribution < -0.4 is 5.73 Å². The normalized spacial score (nSPS) is 13.0. The molecule has 0 aliphatic rings. The van der Waals surface area contributed by atoms with Gasteiger partial charge in [0.25, 0.3) is 0 Å². The molecule has 60 valence electrons. The number of hydrogen-bond acceptors (Lipinski definition) is 1. The van der Waals surface area contributed by atoms with Crippen LogP contribution in [0.5, 0.6) is 0 Å². The number of hydrogen-bond donors (Lipinski definition) is 1. The molecular formula is C9H19N. The van der Waals surface area contributed by atoms with Crippen LogP contribution in [0.15, 0.2) is 12.3 Å². The second-order valence-electron chi connectivity index (χ2n) is 3.11. The zero-order valence-corrected chi connectivity index (χ0v) is 7.19. The maximum Gasteiger partial charge on any atom is 0.00101 e. The summed E-state index contributed by atoms with van der Waals surface area (Å²) in [5, 5.41) is 0. The zero-order valence-electron chi connectivity index (χ0n) is 7.19. The molecule has 0 rings (SSSR count). The van der Waals surface area contributed by atoms with Crippen LogP contribution in [-0.4, -0.2) is 0 Å². The topological polar surface area (TPSA) is 26.0 Å². The quantitative estimate of drug-likeness (QED) is 0.626. The van der Waals surface area contributed by atoms with Crippen LogP contribution >= 0.6 is 0 Å². The first-order valence-electron chi connectivity index (χ1n) is 4.10. The van der Waals surface area contributed by atoms with Crippen molar-refractivity contribution < 1.29 is 0 Å². The molecule has 0 radical (unpaired) electrons. The summed E-state index contributed by atoms with van der Waals surface area (Å²) in [5.41, 5.74) is 6.29. The Hall–Kier alpha value is -0.460. The van der Waals surface area contributed by atoms with Crippen LogP contribution in [0.1, 0.15) is 39.5 Å². The van der Waals surface area contributed by atoms with Crippen LogP contribution in [0.3, 0.4) is 0 Å². The standard InChI is InChI=1S/C9H19N/c1-4-5-6-8(2)7-9(3)10/h8H,3-7,10H2,1-2H3. The van der Waals surface area contributed by atoms with Crippen molar-refractivity contribution in [1.82, 2.24) is 0 Å². The third-order valence-corrected chi connectivity index (χ3v) is 1.66. The Kier molecular flexibility index (Phi) is 5.09. The van der Waals surface area contributed by atoms with Gasteiger partial charge in [-0.1, -0.05) is 39.7 Å². The predicted octanol–water partition coefficient (Wildman–Crippen LogP) is 2.68. The first-order valence-corrected chi connectivity index (χ1v) is 4.10. The molecule has 0 saturated carbocycles. The molecule has 0 heterocycles. The molecule has 2 N–H and O–H groups in total. The maximum absolute atomic E-state index is 5.47. The number of unbranched alkanes of at least 4 members (excludes halogenated alkanes) is 1. The lowest BCUT2D eigenvalue weighted by atomic mass is 10.00. The maximum atomic E-state index is 5.47. The highest BCUT2D eigenvalue weighted by Gasteiger charge is 2.00. The van der Waals surface area contributed by atoms with Crippen molar-refractivity contribution in [1.29, 1.82) is 0 Å². The highest BCUT2D eigenvalue weighted by atomic mass is 14.6. The van der Waals surface area contributed by atoms with E-state index in [2.05, 4.69) is 20.4 Å². The molecule has 0 aromatic rings. The van der Waals surface area contributed by atoms with E-state index in [1.165, 1.54) is 19.3 Å². The van der Waals surface area contributed by atoms with E-state index < -0.39 is 0 Å². The molecule has 0 spiro atoms. The minimum absolute atomic E-state index is 0.720. The van der Waals surface area contributed by atoms with Gasteiger partial charge in [0.15, 0.2) is 0 Å². The van der Waals surface area contributed by atoms with Crippen LogP contribution in [-0.2, 0) is 0 Å². The van der Waals surface area contributed by atoms with E-state index in [1.54, 1.807) is 0 Å². The molecule has 0 aromatic heterocycles. The molecule has 1 atom stereocenters. The minimum atomic E-state index is 0.720. The van der Waals surface area contributed by atoms with Gasteiger partial charge in [-0.25, -0.2) is 0 Å². The summed E-state index contributed by atoms with van der Waals surface area (Å²) < 4.78 is 0. The van der Waals surface area contributed by atoms with Crippen LogP contribution in [0.4, 0.5) is 0 Å². The van der Waals surface area contributed by atoms with Crippen molar-refractivity contribution in [3.8, 4) is 0 Å². The predicted molar refractivity (Wildman–Crippen MR) is 46.6 cm³/mol. The summed E-state index contributed by atoms with van der Waals surface area (Å²) >= 11 is 0. The number of allylic oxidation sites excluding steroid dienone is 1. The lowest BCUT2D eigenvalue weighted by Crippen LogP contribution is -2.02. The van der Waals surface area contributed by atoms with Gasteiger partial charge in [0.1, 0.15) is 0 Å². The first kappa shape index (κ1) is 9.54. The van der Waals surface area contributed by atoms with Crippen molar-refractivity contribution in [2.24, 2.45) is 11.7 Å². The summed E-state index contributed by atoms with van der Waals surface area (Å²) in [6.45, 7) is 8.12. The third kappa shape index (κ3) is 5.67. The van der Waals surface area contributed by atoms with Gasteiger partial charge in [0.2, 0.25) is 0 Å². The molecule has 0 amide bonds. The monoisotopic (exact) mass is 141 g/mol. The van der Waals surface area contributed by atoms with Gasteiger partial charge in [-0.15, -0.1) is 0 Å². The van der Waals surface area contributed by atoms with Gasteiger partial charge in [0, 0.05) is 5.70 Å². The van der Waals surface area contributed by atoms with Crippen molar-refractivity contribution >= 4 is 0 Å². The Morgan fingerprint density at radius 3 is 2.60 bits per heavy atom. The van der Waals surface area contributed by atoms with E-state index >= 15 is 0 Å². The van der Waals surface area contributed by atoms with Gasteiger partial charge in [0.05, 0.1) is 0 Å². The van der Waals surface area contributed by atoms with Crippen molar-refractivity contribution in [2.75, 3.05) is 0 Å². The lowest BCUT2D eigenvalue weighted by Gasteiger charge is -2.08. The Morgan fingerprint density at radius 1 is 1.60 bits per heavy atom. The summed E-state index contributed by atoms with van der Waals surface area (Å²) in [4.78, 5) is 0. The Balaban J connectivity index is 3.25. The number of rotatable bonds is 5. The fourth-order valence-electron chi connectivity index (χ4n) is 1.10. The average molecular weight is 141 g/mol. The molecule has 1 unspecified atom stereocenters. The summed E-state index contributed by atoms with van der Waals surface area (Å²) in [6, 6.07) is 0. The molecule has 1 heteroatoms. The van der Waals surface area contributed by atoms with Crippen molar-refractivity contribution in [3.63, 3.8) is 0 Å². The van der Waals surface area contributed by atoms with Crippen LogP contribution in [0.25, 0.3) is 0 Å². The lowest BCUT2D eigenvalue weighted by molar-refractivity contribution is 0.500. The first-order chi connectivity index (χ1) is 4.66. The summed E-state index contributed by atoms with van der Waals surface area (Å²) in [5.74, 6) is 0.720. The van der Waals surface area contributed by atoms with Gasteiger partial charge >= 0.3 is 0 Å². The summed E-state index contributed by atoms with van der Waals surface area (Å²) in [7, 11) is 0. The fourth-order valence-corrected chi connectivity index (χ4v) is 1.10. The minimum Gasteiger partial charge on any atom is -0.403 e. The van der Waals surface area contributed by atoms with Crippen molar-refractivity contribution in [2.45, 2.75) is 39.5 Å². The third-order valence-electron chi connectivity index (χ3n) is 1.66. The molecular weight excluding hydrogens is 122 g/mol. The second-order valence-corrected chi connectivity index (χ2v) is 3.11. The molecule has 0 fully saturated rings. The van der Waals surface area contributed by atoms with Gasteiger partial charge in [-0.2, -0.15) is 0 Å². The average Bonchev–Trinajstić information content (AvgIpc) is 1.82. The van der Waals surface area contributed by atoms with E-state index in [0.717, 1.165) is 18.0 Å². The summed E-state index contributed by atoms with van der Waals surface area (Å²) in [6.07, 6.45) is 4.86. The SMILES string of the molecule is C=C(N)CC(C)CCCC. The van der Waals surface area contributed by atoms with E-state index in [4.69, 9.17) is 5.73 Å². The molecule has 10 heavy (non-hydrogen) atoms. The smallest absolute Gasteiger partial charge is 0.00101 e. The highest BCUT2D eigenvalue weighted by Crippen LogP contribution is 2.13. The molecule has 0 bridgehead atoms.